The van der Waals surface area contributed by atoms with Crippen LogP contribution in [0.4, 0.5) is 8.78 Å². The Labute approximate surface area is 112 Å². The summed E-state index contributed by atoms with van der Waals surface area (Å²) in [5.41, 5.74) is 6.35. The molecule has 0 spiro atoms. The molecule has 0 amide bonds. The molecule has 2 aliphatic rings. The molecule has 1 aliphatic heterocycles. The summed E-state index contributed by atoms with van der Waals surface area (Å²) in [6.07, 6.45) is 4.45. The van der Waals surface area contributed by atoms with Crippen LogP contribution in [0.25, 0.3) is 0 Å². The third-order valence-electron chi connectivity index (χ3n) is 4.39. The first-order valence-corrected chi connectivity index (χ1v) is 7.11. The number of piperidine rings is 1. The van der Waals surface area contributed by atoms with Crippen LogP contribution >= 0.6 is 0 Å². The number of nitrogens with zero attached hydrogens (tertiary/aromatic N) is 1. The van der Waals surface area contributed by atoms with Crippen molar-refractivity contribution in [2.75, 3.05) is 13.1 Å². The first-order chi connectivity index (χ1) is 9.20. The van der Waals surface area contributed by atoms with E-state index in [2.05, 4.69) is 4.90 Å². The zero-order chi connectivity index (χ0) is 13.4. The monoisotopic (exact) mass is 266 g/mol. The van der Waals surface area contributed by atoms with Crippen molar-refractivity contribution in [2.45, 2.75) is 37.8 Å². The minimum absolute atomic E-state index is 0.0538. The number of halogens is 2. The molecule has 0 radical (unpaired) electrons. The highest BCUT2D eigenvalue weighted by Crippen LogP contribution is 2.43. The second kappa shape index (κ2) is 5.17. The average molecular weight is 266 g/mol. The summed E-state index contributed by atoms with van der Waals surface area (Å²) in [5.74, 6) is -0.448. The standard InChI is InChI=1S/C15H20F2N2/c16-11-3-6-14(17)13(8-11)15-10(9-18)2-1-7-19(15)12-4-5-12/h3,6,8,10,12,15H,1-2,4-5,7,9,18H2. The Morgan fingerprint density at radius 1 is 1.21 bits per heavy atom. The van der Waals surface area contributed by atoms with Crippen LogP contribution in [0, 0.1) is 17.6 Å². The lowest BCUT2D eigenvalue weighted by Crippen LogP contribution is -2.43. The molecule has 1 heterocycles. The van der Waals surface area contributed by atoms with Crippen LogP contribution in [0.2, 0.25) is 0 Å². The van der Waals surface area contributed by atoms with E-state index >= 15 is 0 Å². The molecule has 1 aromatic carbocycles. The molecule has 19 heavy (non-hydrogen) atoms. The van der Waals surface area contributed by atoms with Crippen LogP contribution in [-0.2, 0) is 0 Å². The highest BCUT2D eigenvalue weighted by atomic mass is 19.1. The van der Waals surface area contributed by atoms with Gasteiger partial charge in [-0.25, -0.2) is 8.78 Å². The summed E-state index contributed by atoms with van der Waals surface area (Å²) in [7, 11) is 0. The third-order valence-corrected chi connectivity index (χ3v) is 4.39. The third kappa shape index (κ3) is 2.51. The Hall–Kier alpha value is -1.00. The van der Waals surface area contributed by atoms with Crippen molar-refractivity contribution in [3.63, 3.8) is 0 Å². The minimum atomic E-state index is -0.367. The predicted octanol–water partition coefficient (Wildman–Crippen LogP) is 2.84. The van der Waals surface area contributed by atoms with Gasteiger partial charge >= 0.3 is 0 Å². The van der Waals surface area contributed by atoms with Gasteiger partial charge in [-0.1, -0.05) is 0 Å². The van der Waals surface area contributed by atoms with Gasteiger partial charge in [0.05, 0.1) is 0 Å². The molecule has 1 aromatic rings. The molecule has 0 bridgehead atoms. The minimum Gasteiger partial charge on any atom is -0.330 e. The number of nitrogens with two attached hydrogens (primary N) is 1. The first-order valence-electron chi connectivity index (χ1n) is 7.11. The van der Waals surface area contributed by atoms with Gasteiger partial charge in [-0.2, -0.15) is 0 Å². The highest BCUT2D eigenvalue weighted by Gasteiger charge is 2.41. The van der Waals surface area contributed by atoms with Crippen molar-refractivity contribution < 1.29 is 8.78 Å². The molecule has 1 saturated heterocycles. The van der Waals surface area contributed by atoms with E-state index in [0.717, 1.165) is 19.4 Å². The van der Waals surface area contributed by atoms with Crippen LogP contribution < -0.4 is 5.73 Å². The number of likely N-dealkylation sites (tertiary alicyclic amines) is 1. The van der Waals surface area contributed by atoms with E-state index in [1.165, 1.54) is 31.0 Å². The molecule has 2 unspecified atom stereocenters. The van der Waals surface area contributed by atoms with Gasteiger partial charge in [-0.05, 0) is 62.9 Å². The van der Waals surface area contributed by atoms with E-state index in [0.29, 0.717) is 18.2 Å². The highest BCUT2D eigenvalue weighted by molar-refractivity contribution is 5.24. The van der Waals surface area contributed by atoms with Crippen molar-refractivity contribution in [1.82, 2.24) is 4.90 Å². The van der Waals surface area contributed by atoms with Gasteiger partial charge in [0.1, 0.15) is 11.6 Å². The summed E-state index contributed by atoms with van der Waals surface area (Å²) < 4.78 is 27.5. The molecular weight excluding hydrogens is 246 g/mol. The molecule has 1 saturated carbocycles. The maximum atomic E-state index is 14.1. The van der Waals surface area contributed by atoms with E-state index in [1.54, 1.807) is 0 Å². The van der Waals surface area contributed by atoms with Gasteiger partial charge < -0.3 is 5.73 Å². The Balaban J connectivity index is 1.97. The number of hydrogen-bond donors (Lipinski definition) is 1. The lowest BCUT2D eigenvalue weighted by Gasteiger charge is -2.41. The molecule has 2 N–H and O–H groups in total. The van der Waals surface area contributed by atoms with Gasteiger partial charge in [-0.15, -0.1) is 0 Å². The largest absolute Gasteiger partial charge is 0.330 e. The molecule has 3 rings (SSSR count). The average Bonchev–Trinajstić information content (AvgIpc) is 3.25. The lowest BCUT2D eigenvalue weighted by atomic mass is 9.84. The second-order valence-electron chi connectivity index (χ2n) is 5.72. The smallest absolute Gasteiger partial charge is 0.128 e. The zero-order valence-corrected chi connectivity index (χ0v) is 11.0. The molecule has 1 aliphatic carbocycles. The summed E-state index contributed by atoms with van der Waals surface area (Å²) in [6, 6.07) is 4.26. The number of benzene rings is 1. The normalized spacial score (nSPS) is 28.6. The maximum absolute atomic E-state index is 14.1. The lowest BCUT2D eigenvalue weighted by molar-refractivity contribution is 0.0851. The van der Waals surface area contributed by atoms with Crippen LogP contribution in [0.15, 0.2) is 18.2 Å². The van der Waals surface area contributed by atoms with Crippen LogP contribution in [0.3, 0.4) is 0 Å². The van der Waals surface area contributed by atoms with Gasteiger partial charge in [0.15, 0.2) is 0 Å². The molecule has 2 atom stereocenters. The fourth-order valence-corrected chi connectivity index (χ4v) is 3.34. The van der Waals surface area contributed by atoms with E-state index in [9.17, 15) is 8.78 Å². The predicted molar refractivity (Wildman–Crippen MR) is 70.6 cm³/mol. The van der Waals surface area contributed by atoms with Crippen molar-refractivity contribution >= 4 is 0 Å². The van der Waals surface area contributed by atoms with E-state index in [1.807, 2.05) is 0 Å². The van der Waals surface area contributed by atoms with E-state index in [-0.39, 0.29) is 23.6 Å². The Kier molecular flexibility index (Phi) is 3.54. The summed E-state index contributed by atoms with van der Waals surface area (Å²) in [4.78, 5) is 2.35. The van der Waals surface area contributed by atoms with Crippen LogP contribution in [0.5, 0.6) is 0 Å². The first kappa shape index (κ1) is 13.0. The summed E-state index contributed by atoms with van der Waals surface area (Å²) in [6.45, 7) is 1.51. The number of rotatable bonds is 3. The zero-order valence-electron chi connectivity index (χ0n) is 11.0. The quantitative estimate of drug-likeness (QED) is 0.911. The van der Waals surface area contributed by atoms with Crippen molar-refractivity contribution in [3.8, 4) is 0 Å². The SMILES string of the molecule is NCC1CCCN(C2CC2)C1c1cc(F)ccc1F. The summed E-state index contributed by atoms with van der Waals surface area (Å²) >= 11 is 0. The van der Waals surface area contributed by atoms with Gasteiger partial charge in [0.2, 0.25) is 0 Å². The van der Waals surface area contributed by atoms with Crippen LogP contribution in [-0.4, -0.2) is 24.0 Å². The van der Waals surface area contributed by atoms with Gasteiger partial charge in [-0.3, -0.25) is 4.90 Å². The van der Waals surface area contributed by atoms with Crippen molar-refractivity contribution in [2.24, 2.45) is 11.7 Å². The topological polar surface area (TPSA) is 29.3 Å². The van der Waals surface area contributed by atoms with E-state index in [4.69, 9.17) is 5.73 Å². The molecule has 2 fully saturated rings. The number of hydrogen-bond acceptors (Lipinski definition) is 2. The fraction of sp³-hybridized carbons (Fsp3) is 0.600. The van der Waals surface area contributed by atoms with E-state index < -0.39 is 0 Å². The fourth-order valence-electron chi connectivity index (χ4n) is 3.34. The molecule has 2 nitrogen and oxygen atoms in total. The summed E-state index contributed by atoms with van der Waals surface area (Å²) in [5, 5.41) is 0. The Morgan fingerprint density at radius 2 is 2.00 bits per heavy atom. The van der Waals surface area contributed by atoms with Gasteiger partial charge in [0, 0.05) is 17.6 Å². The Morgan fingerprint density at radius 3 is 2.68 bits per heavy atom. The molecule has 0 aromatic heterocycles. The van der Waals surface area contributed by atoms with Crippen molar-refractivity contribution in [3.05, 3.63) is 35.4 Å². The Bertz CT molecular complexity index is 459. The van der Waals surface area contributed by atoms with Crippen molar-refractivity contribution in [1.29, 1.82) is 0 Å². The molecular formula is C15H20F2N2. The van der Waals surface area contributed by atoms with Crippen LogP contribution in [0.1, 0.15) is 37.3 Å². The second-order valence-corrected chi connectivity index (χ2v) is 5.72. The molecule has 104 valence electrons. The van der Waals surface area contributed by atoms with Gasteiger partial charge in [0.25, 0.3) is 0 Å². The maximum Gasteiger partial charge on any atom is 0.128 e. The molecule has 4 heteroatoms.